The predicted octanol–water partition coefficient (Wildman–Crippen LogP) is 6.33. The zero-order valence-electron chi connectivity index (χ0n) is 19.3. The number of halogens is 1. The van der Waals surface area contributed by atoms with Gasteiger partial charge in [0.1, 0.15) is 12.4 Å². The van der Waals surface area contributed by atoms with Gasteiger partial charge in [-0.1, -0.05) is 74.0 Å². The van der Waals surface area contributed by atoms with Crippen LogP contribution in [0.25, 0.3) is 0 Å². The van der Waals surface area contributed by atoms with Crippen LogP contribution in [-0.4, -0.2) is 23.5 Å². The molecule has 33 heavy (non-hydrogen) atoms. The van der Waals surface area contributed by atoms with Gasteiger partial charge in [-0.15, -0.1) is 0 Å². The number of nitrogens with one attached hydrogen (secondary N) is 1. The summed E-state index contributed by atoms with van der Waals surface area (Å²) in [7, 11) is 0. The van der Waals surface area contributed by atoms with E-state index in [1.165, 1.54) is 0 Å². The lowest BCUT2D eigenvalue weighted by molar-refractivity contribution is -0.134. The molecule has 0 aliphatic carbocycles. The van der Waals surface area contributed by atoms with Crippen LogP contribution in [0.3, 0.4) is 0 Å². The van der Waals surface area contributed by atoms with E-state index in [1.54, 1.807) is 0 Å². The van der Waals surface area contributed by atoms with Crippen LogP contribution in [0.15, 0.2) is 72.8 Å². The van der Waals surface area contributed by atoms with Crippen molar-refractivity contribution in [2.45, 2.75) is 45.8 Å². The van der Waals surface area contributed by atoms with Gasteiger partial charge in [0.25, 0.3) is 0 Å². The molecule has 1 atom stereocenters. The van der Waals surface area contributed by atoms with Gasteiger partial charge in [-0.2, -0.15) is 0 Å². The molecule has 3 aromatic rings. The molecule has 0 saturated carbocycles. The van der Waals surface area contributed by atoms with Crippen molar-refractivity contribution in [1.82, 2.24) is 4.90 Å². The first kappa shape index (κ1) is 23.2. The van der Waals surface area contributed by atoms with E-state index in [1.807, 2.05) is 59.5 Å². The first-order chi connectivity index (χ1) is 16.0. The van der Waals surface area contributed by atoms with Crippen LogP contribution < -0.4 is 10.1 Å². The molecule has 0 radical (unpaired) electrons. The zero-order valence-corrected chi connectivity index (χ0v) is 20.0. The van der Waals surface area contributed by atoms with Crippen LogP contribution in [-0.2, 0) is 24.3 Å². The first-order valence-corrected chi connectivity index (χ1v) is 11.9. The molecule has 1 aliphatic heterocycles. The molecule has 1 aliphatic rings. The minimum Gasteiger partial charge on any atom is -0.491 e. The lowest BCUT2D eigenvalue weighted by atomic mass is 10.0. The second-order valence-electron chi connectivity index (χ2n) is 9.04. The fraction of sp³-hybridized carbons (Fsp3) is 0.321. The van der Waals surface area contributed by atoms with E-state index in [-0.39, 0.29) is 11.9 Å². The quantitative estimate of drug-likeness (QED) is 0.492. The number of amides is 1. The smallest absolute Gasteiger partial charge is 0.227 e. The largest absolute Gasteiger partial charge is 0.491 e. The van der Waals surface area contributed by atoms with Gasteiger partial charge in [0.15, 0.2) is 0 Å². The third-order valence-electron chi connectivity index (χ3n) is 6.00. The Hall–Kier alpha value is -2.98. The molecule has 4 nitrogen and oxygen atoms in total. The number of nitrogens with zero attached hydrogens (tertiary/aromatic N) is 1. The molecule has 0 bridgehead atoms. The van der Waals surface area contributed by atoms with E-state index in [2.05, 4.69) is 37.4 Å². The highest BCUT2D eigenvalue weighted by atomic mass is 35.5. The average Bonchev–Trinajstić information content (AvgIpc) is 2.83. The summed E-state index contributed by atoms with van der Waals surface area (Å²) in [6, 6.07) is 23.8. The Kier molecular flexibility index (Phi) is 7.56. The number of para-hydroxylation sites is 2. The van der Waals surface area contributed by atoms with Crippen molar-refractivity contribution in [2.75, 3.05) is 11.9 Å². The molecule has 3 aromatic carbocycles. The second kappa shape index (κ2) is 10.8. The Morgan fingerprint density at radius 2 is 1.73 bits per heavy atom. The lowest BCUT2D eigenvalue weighted by Gasteiger charge is -2.33. The summed E-state index contributed by atoms with van der Waals surface area (Å²) < 4.78 is 6.33. The first-order valence-electron chi connectivity index (χ1n) is 11.6. The van der Waals surface area contributed by atoms with Crippen LogP contribution in [0.4, 0.5) is 5.69 Å². The van der Waals surface area contributed by atoms with E-state index in [0.29, 0.717) is 37.1 Å². The maximum Gasteiger partial charge on any atom is 0.227 e. The van der Waals surface area contributed by atoms with E-state index >= 15 is 0 Å². The number of hydrogen-bond donors (Lipinski definition) is 1. The Balaban J connectivity index is 1.70. The maximum atomic E-state index is 13.7. The minimum absolute atomic E-state index is 0.0380. The number of hydrogen-bond acceptors (Lipinski definition) is 3. The number of anilines is 1. The summed E-state index contributed by atoms with van der Waals surface area (Å²) in [6.45, 7) is 6.05. The summed E-state index contributed by atoms with van der Waals surface area (Å²) in [6.07, 6.45) is 1.20. The Morgan fingerprint density at radius 1 is 1.03 bits per heavy atom. The third kappa shape index (κ3) is 6.08. The van der Waals surface area contributed by atoms with Gasteiger partial charge in [0.05, 0.1) is 12.5 Å². The highest BCUT2D eigenvalue weighted by molar-refractivity contribution is 6.30. The topological polar surface area (TPSA) is 41.6 Å². The molecule has 4 rings (SSSR count). The fourth-order valence-corrected chi connectivity index (χ4v) is 4.44. The normalized spacial score (nSPS) is 16.1. The number of fused-ring (bicyclic) bond motifs is 2. The van der Waals surface area contributed by atoms with Crippen molar-refractivity contribution in [2.24, 2.45) is 5.92 Å². The van der Waals surface area contributed by atoms with Gasteiger partial charge >= 0.3 is 0 Å². The molecular weight excluding hydrogens is 432 g/mol. The third-order valence-corrected chi connectivity index (χ3v) is 6.26. The Bertz CT molecular complexity index is 1080. The van der Waals surface area contributed by atoms with Crippen molar-refractivity contribution in [3.05, 3.63) is 94.5 Å². The maximum absolute atomic E-state index is 13.7. The Labute approximate surface area is 201 Å². The number of carbonyl (C=O) groups is 1. The van der Waals surface area contributed by atoms with Crippen LogP contribution >= 0.6 is 11.6 Å². The van der Waals surface area contributed by atoms with Gasteiger partial charge in [0, 0.05) is 29.4 Å². The van der Waals surface area contributed by atoms with Gasteiger partial charge in [0.2, 0.25) is 5.91 Å². The van der Waals surface area contributed by atoms with Crippen LogP contribution in [0.2, 0.25) is 5.02 Å². The molecule has 0 fully saturated rings. The number of ether oxygens (including phenoxy) is 1. The minimum atomic E-state index is -0.0380. The van der Waals surface area contributed by atoms with Gasteiger partial charge in [-0.05, 0) is 47.7 Å². The molecule has 0 aromatic heterocycles. The molecular formula is C28H31ClN2O2. The summed E-state index contributed by atoms with van der Waals surface area (Å²) in [4.78, 5) is 15.7. The number of carbonyl (C=O) groups excluding carboxylic acids is 1. The zero-order chi connectivity index (χ0) is 23.2. The second-order valence-corrected chi connectivity index (χ2v) is 9.47. The van der Waals surface area contributed by atoms with Crippen molar-refractivity contribution in [3.63, 3.8) is 0 Å². The molecule has 172 valence electrons. The summed E-state index contributed by atoms with van der Waals surface area (Å²) >= 11 is 6.04. The van der Waals surface area contributed by atoms with Crippen molar-refractivity contribution < 1.29 is 9.53 Å². The van der Waals surface area contributed by atoms with Crippen LogP contribution in [0, 0.1) is 5.92 Å². The fourth-order valence-electron chi connectivity index (χ4n) is 4.31. The summed E-state index contributed by atoms with van der Waals surface area (Å²) in [5.41, 5.74) is 4.22. The van der Waals surface area contributed by atoms with E-state index in [4.69, 9.17) is 16.3 Å². The monoisotopic (exact) mass is 462 g/mol. The van der Waals surface area contributed by atoms with Crippen molar-refractivity contribution in [3.8, 4) is 5.75 Å². The van der Waals surface area contributed by atoms with Crippen molar-refractivity contribution in [1.29, 1.82) is 0 Å². The van der Waals surface area contributed by atoms with Crippen molar-refractivity contribution >= 4 is 23.2 Å². The van der Waals surface area contributed by atoms with Gasteiger partial charge in [-0.25, -0.2) is 0 Å². The summed E-state index contributed by atoms with van der Waals surface area (Å²) in [5, 5.41) is 4.23. The molecule has 1 heterocycles. The molecule has 0 spiro atoms. The molecule has 1 N–H and O–H groups in total. The standard InChI is InChI=1S/C28H31ClN2O2/c1-20(2)15-25-19-33-27-10-6-4-7-22(27)17-30-26-9-5-3-8-23(26)18-31(25)28(32)16-21-11-13-24(29)14-12-21/h3-14,20,25,30H,15-19H2,1-2H3/t25-/m0/s1. The average molecular weight is 463 g/mol. The molecule has 0 unspecified atom stereocenters. The van der Waals surface area contributed by atoms with Gasteiger partial charge in [-0.3, -0.25) is 4.79 Å². The van der Waals surface area contributed by atoms with E-state index in [0.717, 1.165) is 34.5 Å². The van der Waals surface area contributed by atoms with Gasteiger partial charge < -0.3 is 15.0 Å². The molecule has 1 amide bonds. The lowest BCUT2D eigenvalue weighted by Crippen LogP contribution is -2.44. The summed E-state index contributed by atoms with van der Waals surface area (Å²) in [5.74, 6) is 1.38. The predicted molar refractivity (Wildman–Crippen MR) is 135 cm³/mol. The highest BCUT2D eigenvalue weighted by Gasteiger charge is 2.27. The highest BCUT2D eigenvalue weighted by Crippen LogP contribution is 2.27. The molecule has 5 heteroatoms. The SMILES string of the molecule is CC(C)C[C@H]1COc2ccccc2CNc2ccccc2CN1C(=O)Cc1ccc(Cl)cc1. The van der Waals surface area contributed by atoms with Crippen LogP contribution in [0.5, 0.6) is 5.75 Å². The number of benzene rings is 3. The van der Waals surface area contributed by atoms with Crippen LogP contribution in [0.1, 0.15) is 37.0 Å². The van der Waals surface area contributed by atoms with E-state index in [9.17, 15) is 4.79 Å². The Morgan fingerprint density at radius 3 is 2.48 bits per heavy atom. The van der Waals surface area contributed by atoms with E-state index < -0.39 is 0 Å². The number of rotatable bonds is 4. The molecule has 0 saturated heterocycles.